The summed E-state index contributed by atoms with van der Waals surface area (Å²) in [5, 5.41) is 4.95. The third-order valence-electron chi connectivity index (χ3n) is 3.92. The van der Waals surface area contributed by atoms with Gasteiger partial charge in [0.25, 0.3) is 5.91 Å². The van der Waals surface area contributed by atoms with E-state index in [1.807, 2.05) is 37.3 Å². The Bertz CT molecular complexity index is 1080. The van der Waals surface area contributed by atoms with E-state index in [0.29, 0.717) is 10.7 Å². The van der Waals surface area contributed by atoms with Gasteiger partial charge in [-0.05, 0) is 49.7 Å². The summed E-state index contributed by atoms with van der Waals surface area (Å²) in [6, 6.07) is 13.9. The van der Waals surface area contributed by atoms with E-state index in [9.17, 15) is 4.79 Å². The molecule has 0 bridgehead atoms. The number of fused-ring (bicyclic) bond motifs is 2. The van der Waals surface area contributed by atoms with Crippen LogP contribution in [-0.4, -0.2) is 15.9 Å². The Balaban J connectivity index is 1.73. The number of benzene rings is 1. The lowest BCUT2D eigenvalue weighted by molar-refractivity contribution is 0.103. The van der Waals surface area contributed by atoms with Crippen LogP contribution in [0.25, 0.3) is 21.1 Å². The van der Waals surface area contributed by atoms with Crippen LogP contribution < -0.4 is 5.32 Å². The number of anilines is 1. The molecular weight excluding hydrogens is 318 g/mol. The molecule has 4 aromatic rings. The molecule has 0 atom stereocenters. The molecular formula is C19H15N3OS. The van der Waals surface area contributed by atoms with E-state index in [2.05, 4.69) is 34.3 Å². The molecule has 1 aromatic carbocycles. The van der Waals surface area contributed by atoms with Gasteiger partial charge in [0.2, 0.25) is 0 Å². The third-order valence-corrected chi connectivity index (χ3v) is 4.96. The Kier molecular flexibility index (Phi) is 3.50. The van der Waals surface area contributed by atoms with Crippen molar-refractivity contribution in [2.75, 3.05) is 5.32 Å². The molecule has 0 saturated carbocycles. The molecule has 5 heteroatoms. The highest BCUT2D eigenvalue weighted by atomic mass is 32.1. The zero-order chi connectivity index (χ0) is 16.7. The first kappa shape index (κ1) is 14.8. The highest BCUT2D eigenvalue weighted by Gasteiger charge is 2.13. The fourth-order valence-corrected chi connectivity index (χ4v) is 3.57. The van der Waals surface area contributed by atoms with Crippen molar-refractivity contribution in [1.82, 2.24) is 9.97 Å². The van der Waals surface area contributed by atoms with Crippen molar-refractivity contribution in [3.05, 3.63) is 64.7 Å². The van der Waals surface area contributed by atoms with Gasteiger partial charge in [0, 0.05) is 17.0 Å². The summed E-state index contributed by atoms with van der Waals surface area (Å²) in [6.45, 7) is 3.98. The first-order valence-corrected chi connectivity index (χ1v) is 8.46. The summed E-state index contributed by atoms with van der Waals surface area (Å²) in [5.74, 6) is 0.439. The van der Waals surface area contributed by atoms with Crippen LogP contribution in [0.2, 0.25) is 0 Å². The van der Waals surface area contributed by atoms with Crippen molar-refractivity contribution < 1.29 is 4.79 Å². The summed E-state index contributed by atoms with van der Waals surface area (Å²) in [6.07, 6.45) is 1.67. The number of hydrogen-bond acceptors (Lipinski definition) is 4. The molecule has 4 nitrogen and oxygen atoms in total. The van der Waals surface area contributed by atoms with Gasteiger partial charge >= 0.3 is 0 Å². The summed E-state index contributed by atoms with van der Waals surface area (Å²) in [5.41, 5.74) is 3.08. The maximum Gasteiger partial charge on any atom is 0.266 e. The van der Waals surface area contributed by atoms with E-state index in [4.69, 9.17) is 0 Å². The van der Waals surface area contributed by atoms with Crippen molar-refractivity contribution in [2.45, 2.75) is 13.8 Å². The fraction of sp³-hybridized carbons (Fsp3) is 0.105. The highest BCUT2D eigenvalue weighted by molar-refractivity contribution is 7.20. The molecule has 1 N–H and O–H groups in total. The lowest BCUT2D eigenvalue weighted by atomic mass is 10.1. The van der Waals surface area contributed by atoms with E-state index in [1.165, 1.54) is 16.9 Å². The van der Waals surface area contributed by atoms with Crippen molar-refractivity contribution >= 4 is 44.2 Å². The summed E-state index contributed by atoms with van der Waals surface area (Å²) in [4.78, 5) is 22.9. The Labute approximate surface area is 143 Å². The molecule has 0 aliphatic carbocycles. The zero-order valence-corrected chi connectivity index (χ0v) is 14.1. The minimum atomic E-state index is -0.153. The van der Waals surface area contributed by atoms with Crippen LogP contribution in [0.5, 0.6) is 0 Å². The van der Waals surface area contributed by atoms with Gasteiger partial charge in [-0.3, -0.25) is 4.79 Å². The third kappa shape index (κ3) is 2.63. The number of pyridine rings is 2. The topological polar surface area (TPSA) is 54.9 Å². The van der Waals surface area contributed by atoms with Crippen LogP contribution in [-0.2, 0) is 0 Å². The quantitative estimate of drug-likeness (QED) is 0.578. The molecule has 0 spiro atoms. The fourth-order valence-electron chi connectivity index (χ4n) is 2.65. The predicted molar refractivity (Wildman–Crippen MR) is 98.8 cm³/mol. The first-order valence-electron chi connectivity index (χ1n) is 7.64. The molecule has 0 radical (unpaired) electrons. The predicted octanol–water partition coefficient (Wildman–Crippen LogP) is 4.71. The number of rotatable bonds is 2. The average Bonchev–Trinajstić information content (AvgIpc) is 2.97. The van der Waals surface area contributed by atoms with Crippen LogP contribution in [0.1, 0.15) is 20.8 Å². The highest BCUT2D eigenvalue weighted by Crippen LogP contribution is 2.28. The largest absolute Gasteiger partial charge is 0.306 e. The van der Waals surface area contributed by atoms with Gasteiger partial charge in [0.1, 0.15) is 10.6 Å². The Hall–Kier alpha value is -2.79. The van der Waals surface area contributed by atoms with Gasteiger partial charge in [-0.25, -0.2) is 9.97 Å². The van der Waals surface area contributed by atoms with Crippen molar-refractivity contribution in [2.24, 2.45) is 0 Å². The Morgan fingerprint density at radius 1 is 1.08 bits per heavy atom. The van der Waals surface area contributed by atoms with Gasteiger partial charge in [-0.1, -0.05) is 17.7 Å². The van der Waals surface area contributed by atoms with E-state index in [0.717, 1.165) is 26.7 Å². The second kappa shape index (κ2) is 5.69. The Morgan fingerprint density at radius 2 is 1.96 bits per heavy atom. The number of aromatic nitrogens is 2. The number of amides is 1. The molecule has 4 rings (SSSR count). The minimum Gasteiger partial charge on any atom is -0.306 e. The van der Waals surface area contributed by atoms with Crippen LogP contribution in [0.15, 0.2) is 48.7 Å². The second-order valence-electron chi connectivity index (χ2n) is 5.81. The van der Waals surface area contributed by atoms with Gasteiger partial charge in [0.15, 0.2) is 0 Å². The lowest BCUT2D eigenvalue weighted by Crippen LogP contribution is -2.12. The summed E-state index contributed by atoms with van der Waals surface area (Å²) >= 11 is 1.40. The van der Waals surface area contributed by atoms with Gasteiger partial charge in [-0.2, -0.15) is 0 Å². The average molecular weight is 333 g/mol. The first-order chi connectivity index (χ1) is 11.6. The number of nitrogens with zero attached hydrogens (tertiary/aromatic N) is 2. The number of nitrogens with one attached hydrogen (secondary N) is 1. The number of aryl methyl sites for hydroxylation is 2. The number of carbonyl (C=O) groups is 1. The van der Waals surface area contributed by atoms with Crippen LogP contribution >= 0.6 is 11.3 Å². The van der Waals surface area contributed by atoms with Gasteiger partial charge in [-0.15, -0.1) is 11.3 Å². The molecule has 0 saturated heterocycles. The molecule has 3 heterocycles. The molecule has 0 unspecified atom stereocenters. The Morgan fingerprint density at radius 3 is 2.79 bits per heavy atom. The SMILES string of the molecule is Cc1ccc2nc3sc(C(=O)Nc4ncccc4C)cc3cc2c1. The zero-order valence-electron chi connectivity index (χ0n) is 13.3. The van der Waals surface area contributed by atoms with Crippen LogP contribution in [0.4, 0.5) is 5.82 Å². The van der Waals surface area contributed by atoms with Crippen molar-refractivity contribution in [1.29, 1.82) is 0 Å². The van der Waals surface area contributed by atoms with Gasteiger partial charge < -0.3 is 5.32 Å². The van der Waals surface area contributed by atoms with E-state index < -0.39 is 0 Å². The molecule has 1 amide bonds. The second-order valence-corrected chi connectivity index (χ2v) is 6.84. The number of thiophene rings is 1. The summed E-state index contributed by atoms with van der Waals surface area (Å²) < 4.78 is 0. The lowest BCUT2D eigenvalue weighted by Gasteiger charge is -2.04. The maximum atomic E-state index is 12.5. The van der Waals surface area contributed by atoms with E-state index in [1.54, 1.807) is 6.20 Å². The molecule has 0 fully saturated rings. The van der Waals surface area contributed by atoms with Crippen LogP contribution in [0, 0.1) is 13.8 Å². The normalized spacial score (nSPS) is 11.1. The minimum absolute atomic E-state index is 0.153. The molecule has 24 heavy (non-hydrogen) atoms. The van der Waals surface area contributed by atoms with Crippen molar-refractivity contribution in [3.63, 3.8) is 0 Å². The molecule has 0 aliphatic heterocycles. The standard InChI is InChI=1S/C19H15N3OS/c1-11-5-6-15-13(8-11)9-14-10-16(24-19(14)21-15)18(23)22-17-12(2)4-3-7-20-17/h3-10H,1-2H3,(H,20,22,23). The van der Waals surface area contributed by atoms with E-state index in [-0.39, 0.29) is 5.91 Å². The van der Waals surface area contributed by atoms with Crippen LogP contribution in [0.3, 0.4) is 0 Å². The maximum absolute atomic E-state index is 12.5. The van der Waals surface area contributed by atoms with E-state index >= 15 is 0 Å². The number of carbonyl (C=O) groups excluding carboxylic acids is 1. The smallest absolute Gasteiger partial charge is 0.266 e. The summed E-state index contributed by atoms with van der Waals surface area (Å²) in [7, 11) is 0. The van der Waals surface area contributed by atoms with Crippen molar-refractivity contribution in [3.8, 4) is 0 Å². The van der Waals surface area contributed by atoms with Gasteiger partial charge in [0.05, 0.1) is 10.4 Å². The molecule has 3 aromatic heterocycles. The molecule has 0 aliphatic rings. The number of hydrogen-bond donors (Lipinski definition) is 1. The monoisotopic (exact) mass is 333 g/mol. The molecule has 118 valence electrons.